The van der Waals surface area contributed by atoms with E-state index in [2.05, 4.69) is 4.98 Å². The summed E-state index contributed by atoms with van der Waals surface area (Å²) < 4.78 is 0.904. The van der Waals surface area contributed by atoms with Gasteiger partial charge in [-0.2, -0.15) is 0 Å². The van der Waals surface area contributed by atoms with Crippen LogP contribution in [0.15, 0.2) is 18.3 Å². The van der Waals surface area contributed by atoms with Crippen molar-refractivity contribution in [3.8, 4) is 0 Å². The van der Waals surface area contributed by atoms with Gasteiger partial charge in [-0.1, -0.05) is 18.5 Å². The van der Waals surface area contributed by atoms with Gasteiger partial charge in [0.05, 0.1) is 21.3 Å². The van der Waals surface area contributed by atoms with E-state index in [0.717, 1.165) is 15.1 Å². The molecule has 0 saturated carbocycles. The maximum atomic E-state index is 11.9. The fraction of sp³-hybridized carbons (Fsp3) is 0.357. The summed E-state index contributed by atoms with van der Waals surface area (Å²) in [5.74, 6) is -0.170. The predicted octanol–water partition coefficient (Wildman–Crippen LogP) is 3.55. The van der Waals surface area contributed by atoms with Gasteiger partial charge in [-0.25, -0.2) is 0 Å². The van der Waals surface area contributed by atoms with Crippen molar-refractivity contribution in [2.24, 2.45) is 0 Å². The van der Waals surface area contributed by atoms with Crippen LogP contribution in [0.1, 0.15) is 37.1 Å². The maximum Gasteiger partial charge on any atom is 0.230 e. The van der Waals surface area contributed by atoms with E-state index in [9.17, 15) is 9.59 Å². The highest BCUT2D eigenvalue weighted by Crippen LogP contribution is 2.38. The van der Waals surface area contributed by atoms with Gasteiger partial charge in [0, 0.05) is 23.9 Å². The summed E-state index contributed by atoms with van der Waals surface area (Å²) in [4.78, 5) is 30.5. The van der Waals surface area contributed by atoms with Crippen LogP contribution >= 0.6 is 22.9 Å². The van der Waals surface area contributed by atoms with Crippen molar-refractivity contribution in [2.45, 2.75) is 32.2 Å². The molecule has 1 fully saturated rings. The second kappa shape index (κ2) is 5.14. The molecule has 0 unspecified atom stereocenters. The normalized spacial score (nSPS) is 17.2. The van der Waals surface area contributed by atoms with Crippen LogP contribution in [-0.4, -0.2) is 21.7 Å². The molecule has 0 spiro atoms. The second-order valence-electron chi connectivity index (χ2n) is 4.74. The average Bonchev–Trinajstić information content (AvgIpc) is 2.99. The fourth-order valence-electron chi connectivity index (χ4n) is 2.54. The molecular formula is C14H13ClN2O2S. The Balaban J connectivity index is 2.05. The van der Waals surface area contributed by atoms with Crippen LogP contribution < -0.4 is 0 Å². The number of thiophene rings is 1. The summed E-state index contributed by atoms with van der Waals surface area (Å²) >= 11 is 7.67. The zero-order valence-corrected chi connectivity index (χ0v) is 12.5. The highest BCUT2D eigenvalue weighted by molar-refractivity contribution is 7.19. The number of nitrogens with zero attached hydrogens (tertiary/aromatic N) is 2. The number of fused-ring (bicyclic) bond motifs is 1. The molecule has 2 aromatic heterocycles. The molecule has 1 aliphatic rings. The first-order chi connectivity index (χ1) is 9.61. The Kier molecular flexibility index (Phi) is 3.48. The number of rotatable bonds is 3. The van der Waals surface area contributed by atoms with Gasteiger partial charge in [0.25, 0.3) is 0 Å². The molecule has 0 radical (unpaired) electrons. The zero-order chi connectivity index (χ0) is 14.3. The number of pyridine rings is 1. The second-order valence-corrected chi connectivity index (χ2v) is 6.23. The van der Waals surface area contributed by atoms with E-state index in [0.29, 0.717) is 24.3 Å². The number of likely N-dealkylation sites (tertiary alicyclic amines) is 1. The SMILES string of the molecule is CC[C@@H](c1cc2nccc(Cl)c2s1)N1C(=O)CCC1=O. The number of carbonyl (C=O) groups excluding carboxylic acids is 2. The Bertz CT molecular complexity index is 682. The maximum absolute atomic E-state index is 11.9. The lowest BCUT2D eigenvalue weighted by molar-refractivity contribution is -0.141. The number of hydrogen-bond donors (Lipinski definition) is 0. The van der Waals surface area contributed by atoms with E-state index >= 15 is 0 Å². The first-order valence-electron chi connectivity index (χ1n) is 6.50. The van der Waals surface area contributed by atoms with Crippen LogP contribution in [0.2, 0.25) is 5.02 Å². The third-order valence-corrected chi connectivity index (χ3v) is 5.19. The lowest BCUT2D eigenvalue weighted by atomic mass is 10.1. The summed E-state index contributed by atoms with van der Waals surface area (Å²) in [5, 5.41) is 0.653. The number of hydrogen-bond acceptors (Lipinski definition) is 4. The number of amides is 2. The molecule has 3 rings (SSSR count). The van der Waals surface area contributed by atoms with Crippen molar-refractivity contribution in [1.82, 2.24) is 9.88 Å². The van der Waals surface area contributed by atoms with Gasteiger partial charge in [-0.15, -0.1) is 11.3 Å². The summed E-state index contributed by atoms with van der Waals surface area (Å²) in [5.41, 5.74) is 0.815. The third-order valence-electron chi connectivity index (χ3n) is 3.50. The molecule has 6 heteroatoms. The molecule has 20 heavy (non-hydrogen) atoms. The van der Waals surface area contributed by atoms with E-state index in [1.54, 1.807) is 12.3 Å². The van der Waals surface area contributed by atoms with Crippen molar-refractivity contribution in [1.29, 1.82) is 0 Å². The van der Waals surface area contributed by atoms with Gasteiger partial charge < -0.3 is 0 Å². The average molecular weight is 309 g/mol. The van der Waals surface area contributed by atoms with Crippen molar-refractivity contribution >= 4 is 45.0 Å². The van der Waals surface area contributed by atoms with Crippen molar-refractivity contribution in [3.63, 3.8) is 0 Å². The molecular weight excluding hydrogens is 296 g/mol. The molecule has 0 N–H and O–H groups in total. The van der Waals surface area contributed by atoms with Crippen LogP contribution in [0.3, 0.4) is 0 Å². The molecule has 1 atom stereocenters. The Hall–Kier alpha value is -1.46. The third kappa shape index (κ3) is 2.11. The standard InChI is InChI=1S/C14H13ClN2O2S/c1-2-10(17-12(18)3-4-13(17)19)11-7-9-14(20-11)8(15)5-6-16-9/h5-7,10H,2-4H2,1H3/t10-/m0/s1. The van der Waals surface area contributed by atoms with Gasteiger partial charge in [0.2, 0.25) is 11.8 Å². The highest BCUT2D eigenvalue weighted by Gasteiger charge is 2.35. The monoisotopic (exact) mass is 308 g/mol. The number of aromatic nitrogens is 1. The molecule has 2 aromatic rings. The lowest BCUT2D eigenvalue weighted by Crippen LogP contribution is -2.32. The van der Waals surface area contributed by atoms with Crippen LogP contribution in [0.5, 0.6) is 0 Å². The van der Waals surface area contributed by atoms with E-state index in [1.165, 1.54) is 16.2 Å². The number of halogens is 1. The van der Waals surface area contributed by atoms with Crippen molar-refractivity contribution in [3.05, 3.63) is 28.2 Å². The van der Waals surface area contributed by atoms with Gasteiger partial charge in [0.15, 0.2) is 0 Å². The summed E-state index contributed by atoms with van der Waals surface area (Å²) in [6.07, 6.45) is 2.99. The fourth-order valence-corrected chi connectivity index (χ4v) is 4.01. The van der Waals surface area contributed by atoms with Crippen molar-refractivity contribution in [2.75, 3.05) is 0 Å². The zero-order valence-electron chi connectivity index (χ0n) is 10.9. The molecule has 0 aliphatic carbocycles. The first kappa shape index (κ1) is 13.5. The number of imide groups is 1. The quantitative estimate of drug-likeness (QED) is 0.815. The van der Waals surface area contributed by atoms with E-state index in [-0.39, 0.29) is 17.9 Å². The van der Waals surface area contributed by atoms with Crippen molar-refractivity contribution < 1.29 is 9.59 Å². The summed E-state index contributed by atoms with van der Waals surface area (Å²) in [6.45, 7) is 1.98. The predicted molar refractivity (Wildman–Crippen MR) is 78.7 cm³/mol. The van der Waals surface area contributed by atoms with Gasteiger partial charge >= 0.3 is 0 Å². The summed E-state index contributed by atoms with van der Waals surface area (Å²) in [7, 11) is 0. The molecule has 3 heterocycles. The van der Waals surface area contributed by atoms with Crippen LogP contribution in [0.25, 0.3) is 10.2 Å². The Morgan fingerprint density at radius 3 is 2.70 bits per heavy atom. The van der Waals surface area contributed by atoms with Gasteiger partial charge in [0.1, 0.15) is 0 Å². The highest BCUT2D eigenvalue weighted by atomic mass is 35.5. The molecule has 1 saturated heterocycles. The lowest BCUT2D eigenvalue weighted by Gasteiger charge is -2.23. The Morgan fingerprint density at radius 2 is 2.10 bits per heavy atom. The van der Waals surface area contributed by atoms with Gasteiger partial charge in [-0.05, 0) is 18.6 Å². The molecule has 0 aromatic carbocycles. The minimum atomic E-state index is -0.201. The largest absolute Gasteiger partial charge is 0.274 e. The van der Waals surface area contributed by atoms with E-state index in [1.807, 2.05) is 13.0 Å². The van der Waals surface area contributed by atoms with E-state index in [4.69, 9.17) is 11.6 Å². The minimum Gasteiger partial charge on any atom is -0.274 e. The van der Waals surface area contributed by atoms with Crippen LogP contribution in [0.4, 0.5) is 0 Å². The smallest absolute Gasteiger partial charge is 0.230 e. The molecule has 4 nitrogen and oxygen atoms in total. The Morgan fingerprint density at radius 1 is 1.40 bits per heavy atom. The molecule has 0 bridgehead atoms. The van der Waals surface area contributed by atoms with Crippen LogP contribution in [-0.2, 0) is 9.59 Å². The van der Waals surface area contributed by atoms with E-state index < -0.39 is 0 Å². The molecule has 2 amide bonds. The summed E-state index contributed by atoms with van der Waals surface area (Å²) in [6, 6.07) is 3.48. The van der Waals surface area contributed by atoms with Gasteiger partial charge in [-0.3, -0.25) is 19.5 Å². The minimum absolute atomic E-state index is 0.0848. The Labute approximate surface area is 125 Å². The number of carbonyl (C=O) groups is 2. The first-order valence-corrected chi connectivity index (χ1v) is 7.70. The topological polar surface area (TPSA) is 50.3 Å². The molecule has 104 valence electrons. The van der Waals surface area contributed by atoms with Crippen LogP contribution in [0, 0.1) is 0 Å². The molecule has 1 aliphatic heterocycles.